The molecule has 192 valence electrons. The first kappa shape index (κ1) is 28.0. The van der Waals surface area contributed by atoms with Crippen LogP contribution < -0.4 is 20.5 Å². The summed E-state index contributed by atoms with van der Waals surface area (Å²) in [6.07, 6.45) is 14.5. The van der Waals surface area contributed by atoms with E-state index in [4.69, 9.17) is 9.47 Å². The standard InChI is InChI=1S/C15H21NO5.C12H23N/c1-10(2)8-13(14(17)18)16-15(19)21-9-11-4-6-12(20-3)7-5-11;1-3-7-11(8-4-1)13-12-9-5-2-6-10-12/h4-7,10,13H,8-9H2,1-3H3,(H,16,19)(H,17,18);11-13H,1-10H2/t13-;/m0./s1. The Morgan fingerprint density at radius 3 is 1.94 bits per heavy atom. The van der Waals surface area contributed by atoms with Crippen molar-refractivity contribution in [3.63, 3.8) is 0 Å². The number of methoxy groups -OCH3 is 1. The van der Waals surface area contributed by atoms with Crippen LogP contribution >= 0.6 is 0 Å². The lowest BCUT2D eigenvalue weighted by Crippen LogP contribution is -2.95. The largest absolute Gasteiger partial charge is 0.548 e. The summed E-state index contributed by atoms with van der Waals surface area (Å²) in [6, 6.07) is 7.97. The normalized spacial score (nSPS) is 17.9. The number of carboxylic acids is 1. The maximum absolute atomic E-state index is 11.6. The monoisotopic (exact) mass is 476 g/mol. The van der Waals surface area contributed by atoms with E-state index in [1.165, 1.54) is 64.2 Å². The number of benzene rings is 1. The maximum Gasteiger partial charge on any atom is 0.407 e. The number of carboxylic acid groups (broad SMARTS) is 1. The van der Waals surface area contributed by atoms with Crippen LogP contribution in [0.1, 0.15) is 90.0 Å². The Morgan fingerprint density at radius 1 is 0.971 bits per heavy atom. The average molecular weight is 477 g/mol. The number of carbonyl (C=O) groups is 2. The molecule has 7 nitrogen and oxygen atoms in total. The van der Waals surface area contributed by atoms with Crippen molar-refractivity contribution in [3.8, 4) is 5.75 Å². The second-order valence-electron chi connectivity index (χ2n) is 10.1. The molecule has 1 atom stereocenters. The third kappa shape index (κ3) is 11.2. The topological polar surface area (TPSA) is 104 Å². The summed E-state index contributed by atoms with van der Waals surface area (Å²) >= 11 is 0. The van der Waals surface area contributed by atoms with Gasteiger partial charge in [0.05, 0.1) is 31.2 Å². The van der Waals surface area contributed by atoms with Gasteiger partial charge < -0.3 is 30.0 Å². The van der Waals surface area contributed by atoms with Gasteiger partial charge in [0.25, 0.3) is 0 Å². The summed E-state index contributed by atoms with van der Waals surface area (Å²) in [5.41, 5.74) is 0.778. The first-order chi connectivity index (χ1) is 16.4. The molecule has 0 radical (unpaired) electrons. The molecule has 3 N–H and O–H groups in total. The Kier molecular flexibility index (Phi) is 12.8. The minimum atomic E-state index is -1.31. The second kappa shape index (κ2) is 15.6. The first-order valence-electron chi connectivity index (χ1n) is 13.0. The number of alkyl carbamates (subject to hydrolysis) is 1. The minimum absolute atomic E-state index is 0.0529. The quantitative estimate of drug-likeness (QED) is 0.569. The van der Waals surface area contributed by atoms with E-state index in [1.54, 1.807) is 31.4 Å². The van der Waals surface area contributed by atoms with E-state index < -0.39 is 18.1 Å². The van der Waals surface area contributed by atoms with Crippen LogP contribution in [0.5, 0.6) is 5.75 Å². The van der Waals surface area contributed by atoms with Crippen molar-refractivity contribution in [2.75, 3.05) is 7.11 Å². The molecule has 2 saturated carbocycles. The van der Waals surface area contributed by atoms with Gasteiger partial charge in [-0.3, -0.25) is 0 Å². The van der Waals surface area contributed by atoms with Gasteiger partial charge in [-0.15, -0.1) is 0 Å². The molecular weight excluding hydrogens is 432 g/mol. The molecule has 0 aromatic heterocycles. The van der Waals surface area contributed by atoms with E-state index in [0.29, 0.717) is 12.2 Å². The Balaban J connectivity index is 0.000000266. The van der Waals surface area contributed by atoms with Crippen molar-refractivity contribution >= 4 is 12.1 Å². The van der Waals surface area contributed by atoms with Crippen LogP contribution in [0.3, 0.4) is 0 Å². The molecule has 0 heterocycles. The highest BCUT2D eigenvalue weighted by atomic mass is 16.5. The van der Waals surface area contributed by atoms with Gasteiger partial charge in [-0.25, -0.2) is 4.79 Å². The minimum Gasteiger partial charge on any atom is -0.548 e. The summed E-state index contributed by atoms with van der Waals surface area (Å²) in [5.74, 6) is -0.489. The smallest absolute Gasteiger partial charge is 0.407 e. The number of carbonyl (C=O) groups excluding carboxylic acids is 2. The van der Waals surface area contributed by atoms with E-state index in [0.717, 1.165) is 17.6 Å². The van der Waals surface area contributed by atoms with Gasteiger partial charge >= 0.3 is 6.09 Å². The molecule has 2 fully saturated rings. The molecule has 2 aliphatic rings. The number of hydrogen-bond acceptors (Lipinski definition) is 5. The summed E-state index contributed by atoms with van der Waals surface area (Å²) < 4.78 is 10.0. The number of quaternary nitrogens is 1. The third-order valence-electron chi connectivity index (χ3n) is 6.66. The number of amides is 1. The highest BCUT2D eigenvalue weighted by molar-refractivity contribution is 5.78. The summed E-state index contributed by atoms with van der Waals surface area (Å²) in [6.45, 7) is 3.78. The van der Waals surface area contributed by atoms with Crippen LogP contribution in [0.2, 0.25) is 0 Å². The van der Waals surface area contributed by atoms with Crippen molar-refractivity contribution in [2.45, 2.75) is 109 Å². The Labute approximate surface area is 205 Å². The summed E-state index contributed by atoms with van der Waals surface area (Å²) in [5, 5.41) is 15.9. The van der Waals surface area contributed by atoms with Crippen molar-refractivity contribution in [1.29, 1.82) is 0 Å². The number of nitrogens with two attached hydrogens (primary N) is 1. The molecule has 1 amide bonds. The highest BCUT2D eigenvalue weighted by Gasteiger charge is 2.22. The molecule has 0 saturated heterocycles. The van der Waals surface area contributed by atoms with E-state index in [9.17, 15) is 14.7 Å². The van der Waals surface area contributed by atoms with E-state index in [-0.39, 0.29) is 12.5 Å². The SMILES string of the molecule is C1CCC([NH2+]C2CCCCC2)CC1.COc1ccc(COC(=O)N[C@@H](CC(C)C)C(=O)[O-])cc1. The fraction of sp³-hybridized carbons (Fsp3) is 0.704. The fourth-order valence-electron chi connectivity index (χ4n) is 4.78. The van der Waals surface area contributed by atoms with Crippen molar-refractivity contribution in [2.24, 2.45) is 5.92 Å². The predicted molar refractivity (Wildman–Crippen MR) is 130 cm³/mol. The molecule has 3 rings (SSSR count). The van der Waals surface area contributed by atoms with Gasteiger partial charge in [0.1, 0.15) is 12.4 Å². The Bertz CT molecular complexity index is 694. The van der Waals surface area contributed by atoms with E-state index in [2.05, 4.69) is 10.6 Å². The van der Waals surface area contributed by atoms with Crippen LogP contribution in [0.25, 0.3) is 0 Å². The van der Waals surface area contributed by atoms with Gasteiger partial charge in [-0.1, -0.05) is 38.8 Å². The zero-order chi connectivity index (χ0) is 24.8. The Morgan fingerprint density at radius 2 is 1.50 bits per heavy atom. The predicted octanol–water partition coefficient (Wildman–Crippen LogP) is 3.30. The molecule has 0 bridgehead atoms. The average Bonchev–Trinajstić information content (AvgIpc) is 2.84. The molecule has 7 heteroatoms. The number of nitrogens with one attached hydrogen (secondary N) is 1. The number of ether oxygens (including phenoxy) is 2. The van der Waals surface area contributed by atoms with E-state index >= 15 is 0 Å². The summed E-state index contributed by atoms with van der Waals surface area (Å²) in [4.78, 5) is 22.5. The van der Waals surface area contributed by atoms with Crippen molar-refractivity contribution < 1.29 is 29.5 Å². The van der Waals surface area contributed by atoms with Crippen LogP contribution in [-0.4, -0.2) is 37.3 Å². The zero-order valence-electron chi connectivity index (χ0n) is 21.2. The summed E-state index contributed by atoms with van der Waals surface area (Å²) in [7, 11) is 1.56. The van der Waals surface area contributed by atoms with Crippen LogP contribution in [-0.2, 0) is 16.1 Å². The van der Waals surface area contributed by atoms with Gasteiger partial charge in [-0.2, -0.15) is 0 Å². The zero-order valence-corrected chi connectivity index (χ0v) is 21.2. The molecule has 34 heavy (non-hydrogen) atoms. The third-order valence-corrected chi connectivity index (χ3v) is 6.66. The molecule has 0 spiro atoms. The second-order valence-corrected chi connectivity index (χ2v) is 10.1. The molecule has 1 aromatic carbocycles. The molecule has 2 aliphatic carbocycles. The number of rotatable bonds is 9. The maximum atomic E-state index is 11.6. The van der Waals surface area contributed by atoms with Gasteiger partial charge in [-0.05, 0) is 81.4 Å². The van der Waals surface area contributed by atoms with E-state index in [1.807, 2.05) is 13.8 Å². The van der Waals surface area contributed by atoms with Crippen LogP contribution in [0.4, 0.5) is 4.79 Å². The van der Waals surface area contributed by atoms with Gasteiger partial charge in [0.15, 0.2) is 0 Å². The van der Waals surface area contributed by atoms with Crippen molar-refractivity contribution in [3.05, 3.63) is 29.8 Å². The molecule has 0 unspecified atom stereocenters. The Hall–Kier alpha value is -2.28. The number of aliphatic carboxylic acids is 1. The van der Waals surface area contributed by atoms with Crippen LogP contribution in [0.15, 0.2) is 24.3 Å². The first-order valence-corrected chi connectivity index (χ1v) is 13.0. The number of hydrogen-bond donors (Lipinski definition) is 2. The lowest BCUT2D eigenvalue weighted by atomic mass is 9.91. The lowest BCUT2D eigenvalue weighted by molar-refractivity contribution is -0.725. The molecule has 0 aliphatic heterocycles. The van der Waals surface area contributed by atoms with Crippen LogP contribution in [0, 0.1) is 5.92 Å². The van der Waals surface area contributed by atoms with Crippen molar-refractivity contribution in [1.82, 2.24) is 5.32 Å². The molecule has 1 aromatic rings. The highest BCUT2D eigenvalue weighted by Crippen LogP contribution is 2.18. The molecular formula is C27H44N2O5. The van der Waals surface area contributed by atoms with Gasteiger partial charge in [0.2, 0.25) is 0 Å². The fourth-order valence-corrected chi connectivity index (χ4v) is 4.78. The lowest BCUT2D eigenvalue weighted by Gasteiger charge is -2.27. The van der Waals surface area contributed by atoms with Gasteiger partial charge in [0, 0.05) is 0 Å².